The third kappa shape index (κ3) is 2.28. The van der Waals surface area contributed by atoms with E-state index >= 15 is 0 Å². The number of piperidine rings is 1. The number of rotatable bonds is 2. The maximum atomic E-state index is 11.2. The van der Waals surface area contributed by atoms with E-state index in [1.54, 1.807) is 6.92 Å². The average molecular weight is 223 g/mol. The minimum atomic E-state index is 0.163. The third-order valence-corrected chi connectivity index (χ3v) is 3.53. The zero-order valence-electron chi connectivity index (χ0n) is 9.54. The number of carbonyl (C=O) groups excluding carboxylic acids is 1. The highest BCUT2D eigenvalue weighted by molar-refractivity contribution is 5.73. The minimum absolute atomic E-state index is 0.163. The molecule has 0 aromatic heterocycles. The number of hydrogen-bond donors (Lipinski definition) is 0. The second-order valence-corrected chi connectivity index (χ2v) is 4.55. The second kappa shape index (κ2) is 4.72. The molecule has 0 bridgehead atoms. The van der Waals surface area contributed by atoms with Crippen molar-refractivity contribution in [2.24, 2.45) is 5.11 Å². The van der Waals surface area contributed by atoms with Crippen LogP contribution in [-0.2, 0) is 4.79 Å². The highest BCUT2D eigenvalue weighted by atomic mass is 16.2. The van der Waals surface area contributed by atoms with E-state index in [-0.39, 0.29) is 11.9 Å². The summed E-state index contributed by atoms with van der Waals surface area (Å²) in [5.41, 5.74) is 8.29. The highest BCUT2D eigenvalue weighted by Gasteiger charge is 2.33. The van der Waals surface area contributed by atoms with Crippen molar-refractivity contribution in [3.05, 3.63) is 10.4 Å². The van der Waals surface area contributed by atoms with Crippen molar-refractivity contribution in [3.8, 4) is 0 Å². The fraction of sp³-hybridized carbons (Fsp3) is 0.900. The lowest BCUT2D eigenvalue weighted by Gasteiger charge is -2.45. The van der Waals surface area contributed by atoms with Crippen LogP contribution in [0.3, 0.4) is 0 Å². The zero-order valence-corrected chi connectivity index (χ0v) is 9.54. The smallest absolute Gasteiger partial charge is 0.219 e. The van der Waals surface area contributed by atoms with E-state index < -0.39 is 0 Å². The summed E-state index contributed by atoms with van der Waals surface area (Å²) >= 11 is 0. The van der Waals surface area contributed by atoms with Crippen LogP contribution in [0, 0.1) is 0 Å². The number of carbonyl (C=O) groups is 1. The third-order valence-electron chi connectivity index (χ3n) is 3.53. The van der Waals surface area contributed by atoms with Gasteiger partial charge >= 0.3 is 0 Å². The zero-order chi connectivity index (χ0) is 11.5. The van der Waals surface area contributed by atoms with E-state index in [0.29, 0.717) is 6.04 Å². The first-order valence-corrected chi connectivity index (χ1v) is 5.74. The summed E-state index contributed by atoms with van der Waals surface area (Å²) in [6.45, 7) is 5.12. The Morgan fingerprint density at radius 1 is 1.38 bits per heavy atom. The molecule has 2 heterocycles. The topological polar surface area (TPSA) is 72.3 Å². The molecule has 2 saturated heterocycles. The van der Waals surface area contributed by atoms with Crippen molar-refractivity contribution in [1.29, 1.82) is 0 Å². The van der Waals surface area contributed by atoms with Crippen LogP contribution in [0.2, 0.25) is 0 Å². The van der Waals surface area contributed by atoms with Crippen molar-refractivity contribution < 1.29 is 4.79 Å². The number of hydrogen-bond acceptors (Lipinski definition) is 3. The maximum Gasteiger partial charge on any atom is 0.219 e. The molecule has 2 fully saturated rings. The van der Waals surface area contributed by atoms with E-state index in [2.05, 4.69) is 14.9 Å². The monoisotopic (exact) mass is 223 g/mol. The van der Waals surface area contributed by atoms with Crippen LogP contribution < -0.4 is 0 Å². The molecule has 2 aliphatic heterocycles. The van der Waals surface area contributed by atoms with Gasteiger partial charge in [-0.05, 0) is 18.4 Å². The van der Waals surface area contributed by atoms with E-state index in [4.69, 9.17) is 5.53 Å². The standard InChI is InChI=1S/C10H17N5O/c1-8(16)14-4-2-10(3-5-14)15-6-9(7-15)12-13-11/h9-10H,2-7H2,1H3. The maximum absolute atomic E-state index is 11.2. The Balaban J connectivity index is 1.74. The average Bonchev–Trinajstić information content (AvgIpc) is 2.23. The first-order chi connectivity index (χ1) is 7.70. The van der Waals surface area contributed by atoms with Crippen LogP contribution in [0.5, 0.6) is 0 Å². The molecular formula is C10H17N5O. The highest BCUT2D eigenvalue weighted by Crippen LogP contribution is 2.23. The van der Waals surface area contributed by atoms with Gasteiger partial charge in [0.15, 0.2) is 0 Å². The summed E-state index contributed by atoms with van der Waals surface area (Å²) in [5, 5.41) is 3.69. The lowest BCUT2D eigenvalue weighted by molar-refractivity contribution is -0.130. The van der Waals surface area contributed by atoms with E-state index in [0.717, 1.165) is 39.0 Å². The van der Waals surface area contributed by atoms with Crippen molar-refractivity contribution in [2.45, 2.75) is 31.8 Å². The van der Waals surface area contributed by atoms with Gasteiger partial charge in [0.2, 0.25) is 5.91 Å². The summed E-state index contributed by atoms with van der Waals surface area (Å²) in [4.78, 5) is 18.2. The molecule has 16 heavy (non-hydrogen) atoms. The molecule has 2 rings (SSSR count). The molecule has 0 atom stereocenters. The van der Waals surface area contributed by atoms with Gasteiger partial charge in [-0.15, -0.1) is 0 Å². The van der Waals surface area contributed by atoms with Crippen LogP contribution in [0.4, 0.5) is 0 Å². The summed E-state index contributed by atoms with van der Waals surface area (Å²) in [6.07, 6.45) is 2.09. The second-order valence-electron chi connectivity index (χ2n) is 4.55. The van der Waals surface area contributed by atoms with E-state index in [1.165, 1.54) is 0 Å². The van der Waals surface area contributed by atoms with Gasteiger partial charge in [0.05, 0.1) is 6.04 Å². The molecule has 0 aromatic carbocycles. The largest absolute Gasteiger partial charge is 0.343 e. The van der Waals surface area contributed by atoms with Crippen LogP contribution in [0.15, 0.2) is 5.11 Å². The number of likely N-dealkylation sites (tertiary alicyclic amines) is 2. The Hall–Kier alpha value is -1.26. The SMILES string of the molecule is CC(=O)N1CCC(N2CC(N=[N+]=[N-])C2)CC1. The van der Waals surface area contributed by atoms with Crippen LogP contribution >= 0.6 is 0 Å². The van der Waals surface area contributed by atoms with Gasteiger partial charge < -0.3 is 4.90 Å². The number of azide groups is 1. The predicted molar refractivity (Wildman–Crippen MR) is 59.8 cm³/mol. The summed E-state index contributed by atoms with van der Waals surface area (Å²) in [7, 11) is 0. The fourth-order valence-corrected chi connectivity index (χ4v) is 2.48. The first kappa shape index (κ1) is 11.2. The molecule has 0 unspecified atom stereocenters. The molecular weight excluding hydrogens is 206 g/mol. The fourth-order valence-electron chi connectivity index (χ4n) is 2.48. The Labute approximate surface area is 94.8 Å². The minimum Gasteiger partial charge on any atom is -0.343 e. The Morgan fingerprint density at radius 3 is 2.50 bits per heavy atom. The quantitative estimate of drug-likeness (QED) is 0.398. The summed E-state index contributed by atoms with van der Waals surface area (Å²) in [6, 6.07) is 0.733. The molecule has 0 aromatic rings. The molecule has 0 saturated carbocycles. The lowest BCUT2D eigenvalue weighted by Crippen LogP contribution is -2.57. The van der Waals surface area contributed by atoms with Gasteiger partial charge in [0.1, 0.15) is 0 Å². The van der Waals surface area contributed by atoms with Gasteiger partial charge in [-0.1, -0.05) is 5.11 Å². The summed E-state index contributed by atoms with van der Waals surface area (Å²) in [5.74, 6) is 0.175. The Bertz CT molecular complexity index is 311. The molecule has 6 heteroatoms. The molecule has 0 spiro atoms. The van der Waals surface area contributed by atoms with Crippen molar-refractivity contribution in [2.75, 3.05) is 26.2 Å². The van der Waals surface area contributed by atoms with Gasteiger partial charge in [0, 0.05) is 44.1 Å². The Kier molecular flexibility index (Phi) is 3.31. The van der Waals surface area contributed by atoms with E-state index in [9.17, 15) is 4.79 Å². The molecule has 0 aliphatic carbocycles. The van der Waals surface area contributed by atoms with Crippen molar-refractivity contribution in [1.82, 2.24) is 9.80 Å². The molecule has 88 valence electrons. The normalized spacial score (nSPS) is 23.7. The van der Waals surface area contributed by atoms with Crippen LogP contribution in [-0.4, -0.2) is 54.0 Å². The molecule has 1 amide bonds. The Morgan fingerprint density at radius 2 is 2.00 bits per heavy atom. The molecule has 0 radical (unpaired) electrons. The van der Waals surface area contributed by atoms with Crippen molar-refractivity contribution >= 4 is 5.91 Å². The summed E-state index contributed by atoms with van der Waals surface area (Å²) < 4.78 is 0. The number of nitrogens with zero attached hydrogens (tertiary/aromatic N) is 5. The van der Waals surface area contributed by atoms with Gasteiger partial charge in [0.25, 0.3) is 0 Å². The lowest BCUT2D eigenvalue weighted by atomic mass is 9.98. The predicted octanol–water partition coefficient (Wildman–Crippen LogP) is 0.992. The van der Waals surface area contributed by atoms with Gasteiger partial charge in [-0.2, -0.15) is 0 Å². The van der Waals surface area contributed by atoms with Crippen molar-refractivity contribution in [3.63, 3.8) is 0 Å². The molecule has 2 aliphatic rings. The van der Waals surface area contributed by atoms with Gasteiger partial charge in [-0.25, -0.2) is 0 Å². The van der Waals surface area contributed by atoms with Crippen LogP contribution in [0.1, 0.15) is 19.8 Å². The van der Waals surface area contributed by atoms with Gasteiger partial charge in [-0.3, -0.25) is 9.69 Å². The number of amides is 1. The first-order valence-electron chi connectivity index (χ1n) is 5.74. The molecule has 0 N–H and O–H groups in total. The van der Waals surface area contributed by atoms with Crippen LogP contribution in [0.25, 0.3) is 10.4 Å². The molecule has 6 nitrogen and oxygen atoms in total. The van der Waals surface area contributed by atoms with E-state index in [1.807, 2.05) is 4.90 Å².